The summed E-state index contributed by atoms with van der Waals surface area (Å²) in [5.74, 6) is 0. The maximum atomic E-state index is 12.9. The number of hydrogen-bond donors (Lipinski definition) is 1. The largest absolute Gasteiger partial charge is 0.305 e. The van der Waals surface area contributed by atoms with Gasteiger partial charge in [0.05, 0.1) is 16.1 Å². The monoisotopic (exact) mass is 267 g/mol. The van der Waals surface area contributed by atoms with Crippen molar-refractivity contribution in [3.8, 4) is 0 Å². The summed E-state index contributed by atoms with van der Waals surface area (Å²) >= 11 is 11.7. The lowest BCUT2D eigenvalue weighted by molar-refractivity contribution is 0.0985. The number of nitrogens with one attached hydrogen (secondary N) is 1. The zero-order valence-corrected chi connectivity index (χ0v) is 10.3. The average Bonchev–Trinajstić information content (AvgIpc) is 2.24. The zero-order chi connectivity index (χ0) is 12.1. The first kappa shape index (κ1) is 13.7. The lowest BCUT2D eigenvalue weighted by Crippen LogP contribution is -2.28. The average molecular weight is 268 g/mol. The van der Waals surface area contributed by atoms with Crippen molar-refractivity contribution in [2.45, 2.75) is 25.8 Å². The summed E-state index contributed by atoms with van der Waals surface area (Å²) < 4.78 is 25.7. The summed E-state index contributed by atoms with van der Waals surface area (Å²) in [6, 6.07) is 3.70. The summed E-state index contributed by atoms with van der Waals surface area (Å²) in [7, 11) is 0. The molecule has 1 unspecified atom stereocenters. The summed E-state index contributed by atoms with van der Waals surface area (Å²) in [5.41, 5.74) is 0.345. The Morgan fingerprint density at radius 1 is 1.31 bits per heavy atom. The van der Waals surface area contributed by atoms with Crippen LogP contribution in [0, 0.1) is 0 Å². The first-order chi connectivity index (χ1) is 7.57. The first-order valence-electron chi connectivity index (χ1n) is 5.03. The quantitative estimate of drug-likeness (QED) is 0.839. The van der Waals surface area contributed by atoms with Gasteiger partial charge in [-0.3, -0.25) is 0 Å². The smallest absolute Gasteiger partial charge is 0.257 e. The minimum absolute atomic E-state index is 0.193. The third-order valence-corrected chi connectivity index (χ3v) is 3.02. The van der Waals surface area contributed by atoms with Crippen molar-refractivity contribution in [1.82, 2.24) is 5.32 Å². The highest BCUT2D eigenvalue weighted by Crippen LogP contribution is 2.32. The predicted molar refractivity (Wildman–Crippen MR) is 63.5 cm³/mol. The Hall–Kier alpha value is -0.380. The number of benzene rings is 1. The molecule has 0 aromatic heterocycles. The van der Waals surface area contributed by atoms with Crippen LogP contribution in [0.3, 0.4) is 0 Å². The lowest BCUT2D eigenvalue weighted by atomic mass is 10.1. The minimum Gasteiger partial charge on any atom is -0.305 e. The molecule has 0 bridgehead atoms. The van der Waals surface area contributed by atoms with E-state index in [1.807, 2.05) is 6.92 Å². The van der Waals surface area contributed by atoms with Gasteiger partial charge in [-0.05, 0) is 24.6 Å². The van der Waals surface area contributed by atoms with Crippen LogP contribution in [0.1, 0.15) is 24.9 Å². The van der Waals surface area contributed by atoms with Crippen LogP contribution in [-0.4, -0.2) is 13.0 Å². The third kappa shape index (κ3) is 3.30. The van der Waals surface area contributed by atoms with Crippen molar-refractivity contribution in [3.05, 3.63) is 33.8 Å². The molecule has 0 amide bonds. The SMILES string of the molecule is CCCNC(c1cccc(Cl)c1Cl)C(F)F. The van der Waals surface area contributed by atoms with E-state index < -0.39 is 12.5 Å². The molecular formula is C11H13Cl2F2N. The molecule has 0 spiro atoms. The maximum absolute atomic E-state index is 12.9. The van der Waals surface area contributed by atoms with E-state index in [1.165, 1.54) is 0 Å². The Morgan fingerprint density at radius 3 is 2.56 bits per heavy atom. The van der Waals surface area contributed by atoms with Crippen molar-refractivity contribution in [2.75, 3.05) is 6.54 Å². The molecule has 1 aromatic carbocycles. The molecule has 1 aromatic rings. The fraction of sp³-hybridized carbons (Fsp3) is 0.455. The van der Waals surface area contributed by atoms with Gasteiger partial charge in [0.15, 0.2) is 0 Å². The molecule has 5 heteroatoms. The van der Waals surface area contributed by atoms with Crippen LogP contribution in [-0.2, 0) is 0 Å². The van der Waals surface area contributed by atoms with Crippen molar-refractivity contribution < 1.29 is 8.78 Å². The highest BCUT2D eigenvalue weighted by atomic mass is 35.5. The Labute approximate surface area is 104 Å². The van der Waals surface area contributed by atoms with Gasteiger partial charge in [-0.25, -0.2) is 8.78 Å². The van der Waals surface area contributed by atoms with Crippen molar-refractivity contribution in [1.29, 1.82) is 0 Å². The van der Waals surface area contributed by atoms with Crippen LogP contribution in [0.2, 0.25) is 10.0 Å². The Balaban J connectivity index is 2.96. The molecule has 0 aliphatic rings. The molecule has 0 aliphatic carbocycles. The van der Waals surface area contributed by atoms with E-state index in [2.05, 4.69) is 5.32 Å². The van der Waals surface area contributed by atoms with Gasteiger partial charge >= 0.3 is 0 Å². The molecular weight excluding hydrogens is 255 g/mol. The maximum Gasteiger partial charge on any atom is 0.257 e. The molecule has 1 nitrogen and oxygen atoms in total. The second-order valence-electron chi connectivity index (χ2n) is 3.41. The van der Waals surface area contributed by atoms with Gasteiger partial charge in [0.25, 0.3) is 6.43 Å². The molecule has 1 N–H and O–H groups in total. The van der Waals surface area contributed by atoms with Gasteiger partial charge in [0.2, 0.25) is 0 Å². The van der Waals surface area contributed by atoms with E-state index in [4.69, 9.17) is 23.2 Å². The van der Waals surface area contributed by atoms with Gasteiger partial charge in [-0.15, -0.1) is 0 Å². The fourth-order valence-electron chi connectivity index (χ4n) is 1.40. The van der Waals surface area contributed by atoms with E-state index in [-0.39, 0.29) is 5.02 Å². The number of alkyl halides is 2. The lowest BCUT2D eigenvalue weighted by Gasteiger charge is -2.19. The molecule has 0 heterocycles. The van der Waals surface area contributed by atoms with Gasteiger partial charge < -0.3 is 5.32 Å². The van der Waals surface area contributed by atoms with Crippen LogP contribution in [0.15, 0.2) is 18.2 Å². The van der Waals surface area contributed by atoms with Crippen LogP contribution in [0.4, 0.5) is 8.78 Å². The van der Waals surface area contributed by atoms with E-state index in [0.29, 0.717) is 17.1 Å². The number of halogens is 4. The molecule has 1 rings (SSSR count). The van der Waals surface area contributed by atoms with Crippen LogP contribution in [0.25, 0.3) is 0 Å². The van der Waals surface area contributed by atoms with Crippen LogP contribution in [0.5, 0.6) is 0 Å². The Bertz CT molecular complexity index is 345. The van der Waals surface area contributed by atoms with Crippen molar-refractivity contribution in [2.24, 2.45) is 0 Å². The van der Waals surface area contributed by atoms with Crippen LogP contribution < -0.4 is 5.32 Å². The van der Waals surface area contributed by atoms with E-state index in [1.54, 1.807) is 18.2 Å². The Morgan fingerprint density at radius 2 is 2.00 bits per heavy atom. The molecule has 90 valence electrons. The van der Waals surface area contributed by atoms with Crippen molar-refractivity contribution >= 4 is 23.2 Å². The molecule has 16 heavy (non-hydrogen) atoms. The molecule has 0 radical (unpaired) electrons. The molecule has 0 aliphatic heterocycles. The van der Waals surface area contributed by atoms with Gasteiger partial charge in [-0.2, -0.15) is 0 Å². The summed E-state index contributed by atoms with van der Waals surface area (Å²) in [6.07, 6.45) is -1.73. The second kappa shape index (κ2) is 6.38. The number of hydrogen-bond acceptors (Lipinski definition) is 1. The molecule has 0 saturated carbocycles. The normalized spacial score (nSPS) is 13.1. The van der Waals surface area contributed by atoms with Gasteiger partial charge in [-0.1, -0.05) is 42.3 Å². The van der Waals surface area contributed by atoms with E-state index in [9.17, 15) is 8.78 Å². The summed E-state index contributed by atoms with van der Waals surface area (Å²) in [6.45, 7) is 2.42. The highest BCUT2D eigenvalue weighted by Gasteiger charge is 2.24. The Kier molecular flexibility index (Phi) is 5.46. The minimum atomic E-state index is -2.51. The second-order valence-corrected chi connectivity index (χ2v) is 4.19. The van der Waals surface area contributed by atoms with Gasteiger partial charge in [0.1, 0.15) is 0 Å². The fourth-order valence-corrected chi connectivity index (χ4v) is 1.82. The van der Waals surface area contributed by atoms with Crippen molar-refractivity contribution in [3.63, 3.8) is 0 Å². The topological polar surface area (TPSA) is 12.0 Å². The number of rotatable bonds is 5. The first-order valence-corrected chi connectivity index (χ1v) is 5.79. The molecule has 1 atom stereocenters. The van der Waals surface area contributed by atoms with Gasteiger partial charge in [0, 0.05) is 0 Å². The summed E-state index contributed by atoms with van der Waals surface area (Å²) in [4.78, 5) is 0. The van der Waals surface area contributed by atoms with E-state index >= 15 is 0 Å². The highest BCUT2D eigenvalue weighted by molar-refractivity contribution is 6.42. The molecule has 0 fully saturated rings. The zero-order valence-electron chi connectivity index (χ0n) is 8.81. The third-order valence-electron chi connectivity index (χ3n) is 2.18. The predicted octanol–water partition coefficient (Wildman–Crippen LogP) is 4.30. The summed E-state index contributed by atoms with van der Waals surface area (Å²) in [5, 5.41) is 3.25. The molecule has 0 saturated heterocycles. The standard InChI is InChI=1S/C11H13Cl2F2N/c1-2-6-16-10(11(14)15)7-4-3-5-8(12)9(7)13/h3-5,10-11,16H,2,6H2,1H3. The van der Waals surface area contributed by atoms with Crippen LogP contribution >= 0.6 is 23.2 Å². The van der Waals surface area contributed by atoms with E-state index in [0.717, 1.165) is 6.42 Å².